The maximum atomic E-state index is 14.5. The van der Waals surface area contributed by atoms with Gasteiger partial charge in [-0.1, -0.05) is 127 Å². The highest BCUT2D eigenvalue weighted by atomic mass is 31.2. The maximum absolute atomic E-state index is 14.5. The molecule has 1 aliphatic carbocycles. The number of ether oxygens (including phenoxy) is 14. The van der Waals surface area contributed by atoms with Gasteiger partial charge in [-0.15, -0.1) is 0 Å². The Hall–Kier alpha value is -3.13. The number of hydrogen-bond donors (Lipinski definition) is 24. The van der Waals surface area contributed by atoms with Gasteiger partial charge in [-0.3, -0.25) is 18.6 Å². The first-order valence-electron chi connectivity index (χ1n) is 42.9. The second-order valence-corrected chi connectivity index (χ2v) is 33.6. The molecule has 716 valence electrons. The molecule has 7 fully saturated rings. The van der Waals surface area contributed by atoms with E-state index >= 15 is 0 Å². The Bertz CT molecular complexity index is 3080. The molecule has 38 atom stereocenters. The minimum atomic E-state index is -5.89. The minimum Gasteiger partial charge on any atom is -0.462 e. The number of unbranched alkanes of at least 4 members (excludes halogenated alkanes) is 17. The van der Waals surface area contributed by atoms with Crippen molar-refractivity contribution in [2.75, 3.05) is 52.9 Å². The molecular formula is C79H137O43P. The van der Waals surface area contributed by atoms with Gasteiger partial charge in [-0.05, 0) is 64.2 Å². The Balaban J connectivity index is 1.01. The van der Waals surface area contributed by atoms with Crippen LogP contribution in [0.25, 0.3) is 0 Å². The molecule has 0 bridgehead atoms. The van der Waals surface area contributed by atoms with Crippen LogP contribution in [0.2, 0.25) is 0 Å². The Morgan fingerprint density at radius 1 is 0.325 bits per heavy atom. The second kappa shape index (κ2) is 54.6. The van der Waals surface area contributed by atoms with Gasteiger partial charge in [0.25, 0.3) is 0 Å². The van der Waals surface area contributed by atoms with E-state index in [4.69, 9.17) is 75.4 Å². The lowest BCUT2D eigenvalue weighted by Gasteiger charge is -2.49. The zero-order valence-electron chi connectivity index (χ0n) is 69.4. The summed E-state index contributed by atoms with van der Waals surface area (Å²) in [4.78, 5) is 38.4. The van der Waals surface area contributed by atoms with Crippen LogP contribution in [0.15, 0.2) is 36.5 Å². The van der Waals surface area contributed by atoms with Crippen molar-refractivity contribution in [1.29, 1.82) is 0 Å². The second-order valence-electron chi connectivity index (χ2n) is 32.2. The van der Waals surface area contributed by atoms with Gasteiger partial charge in [0.15, 0.2) is 43.8 Å². The van der Waals surface area contributed by atoms with E-state index < -0.39 is 300 Å². The SMILES string of the molecule is CCC/C=C\C/C=C\CCCCCCCC(=O)O[C@H](COC(=O)CCCCCCC/C=C\CCCCCCCC)COP(=O)(O)O[C@@H]1C(O[C@@H]2OC(CO[C@@H]3OC(CO[C@@H]4OC(CO[C@@H]5OC(CO[C@@H]6OC(CO)[C@H](O)C(O)[C@@H]6O)[C@H](O)C(O)[C@@H]5O)[C@H](O)C(O)[C@@H]4O)[C@H](O)C(O)[C@@H]3O)[C@H](O)C(O)[C@@H]2O)C(O)[C@@H](O)C(O)[C@H]1O[C@H]1OC(CO)[C@@H](O)C(O)[C@H]1O. The van der Waals surface area contributed by atoms with Crippen LogP contribution < -0.4 is 0 Å². The lowest BCUT2D eigenvalue weighted by molar-refractivity contribution is -0.365. The highest BCUT2D eigenvalue weighted by Crippen LogP contribution is 2.49. The van der Waals surface area contributed by atoms with E-state index in [1.807, 2.05) is 0 Å². The first-order valence-corrected chi connectivity index (χ1v) is 44.4. The topological polar surface area (TPSA) is 684 Å². The molecule has 0 amide bonds. The molecule has 6 aliphatic heterocycles. The van der Waals surface area contributed by atoms with E-state index in [9.17, 15) is 136 Å². The molecule has 0 aromatic carbocycles. The molecule has 16 unspecified atom stereocenters. The standard InChI is InChI=1S/C79H137O43P/c1-3-5-7-9-11-13-15-17-18-20-21-23-25-27-29-31-48(82)107-35-41(113-49(83)32-30-28-26-24-22-19-16-14-12-10-8-6-4-2)36-112-123(105,106)122-73-71(120-78-69(103)57(91)51(85)43(34-81)115-78)63(97)62(96)64(98)72(73)121-79-70(104)61(95)55(89)47(119-79)40-111-77-68(102)60(94)54(88)46(118-77)39-110-76-67(101)59(93)53(87)45(117-76)38-109-75-66(100)58(92)52(86)44(116-75)37-108-74-65(99)56(90)50(84)42(33-80)114-74/h8,10,14,16-18,41-47,50-81,84-104H,3-7,9,11-13,15,19-40H2,1-2H3,(H,105,106)/b10-8-,16-14-,18-17-/t41-,42?,43?,44?,45?,46?,47?,50+,51-,52+,53+,54+,55+,56?,57?,58?,59?,60?,61?,62+,63?,64?,65+,66+,67+,68+,69-,70+,71-,72?,73+,74-,75-,76-,77-,78-,79+/m1/s1. The average molecular weight is 1810 g/mol. The van der Waals surface area contributed by atoms with Gasteiger partial charge >= 0.3 is 19.8 Å². The van der Waals surface area contributed by atoms with Crippen molar-refractivity contribution >= 4 is 19.8 Å². The fourth-order valence-electron chi connectivity index (χ4n) is 14.9. The fourth-order valence-corrected chi connectivity index (χ4v) is 15.8. The summed E-state index contributed by atoms with van der Waals surface area (Å²) in [5.74, 6) is -1.53. The average Bonchev–Trinajstić information content (AvgIpc) is 0.757. The van der Waals surface area contributed by atoms with E-state index in [2.05, 4.69) is 50.3 Å². The number of esters is 2. The van der Waals surface area contributed by atoms with Crippen molar-refractivity contribution in [3.8, 4) is 0 Å². The van der Waals surface area contributed by atoms with Gasteiger partial charge < -0.3 is 189 Å². The van der Waals surface area contributed by atoms with Crippen molar-refractivity contribution in [1.82, 2.24) is 0 Å². The Labute approximate surface area is 713 Å². The van der Waals surface area contributed by atoms with Crippen LogP contribution in [0, 0.1) is 0 Å². The van der Waals surface area contributed by atoms with Gasteiger partial charge in [-0.25, -0.2) is 4.57 Å². The third-order valence-corrected chi connectivity index (χ3v) is 23.5. The molecule has 24 N–H and O–H groups in total. The zero-order valence-corrected chi connectivity index (χ0v) is 70.3. The number of aliphatic hydroxyl groups is 23. The van der Waals surface area contributed by atoms with E-state index in [0.29, 0.717) is 25.7 Å². The normalized spacial score (nSPS) is 39.8. The predicted molar refractivity (Wildman–Crippen MR) is 417 cm³/mol. The molecule has 44 heteroatoms. The summed E-state index contributed by atoms with van der Waals surface area (Å²) in [5, 5.41) is 250. The summed E-state index contributed by atoms with van der Waals surface area (Å²) in [6.45, 7) is -3.03. The first kappa shape index (κ1) is 107. The largest absolute Gasteiger partial charge is 0.472 e. The predicted octanol–water partition coefficient (Wildman–Crippen LogP) is -5.22. The molecule has 0 aromatic rings. The minimum absolute atomic E-state index is 0.0480. The number of phosphoric acid groups is 1. The first-order chi connectivity index (χ1) is 58.7. The van der Waals surface area contributed by atoms with Crippen LogP contribution in [0.1, 0.15) is 168 Å². The highest BCUT2D eigenvalue weighted by molar-refractivity contribution is 7.47. The summed E-state index contributed by atoms with van der Waals surface area (Å²) in [6.07, 6.45) is -44.0. The lowest BCUT2D eigenvalue weighted by Crippen LogP contribution is -2.69. The third kappa shape index (κ3) is 32.1. The smallest absolute Gasteiger partial charge is 0.462 e. The van der Waals surface area contributed by atoms with Gasteiger partial charge in [-0.2, -0.15) is 0 Å². The highest BCUT2D eigenvalue weighted by Gasteiger charge is 2.60. The maximum Gasteiger partial charge on any atom is 0.472 e. The van der Waals surface area contributed by atoms with E-state index in [-0.39, 0.29) is 12.8 Å². The number of aliphatic hydroxyl groups excluding tert-OH is 23. The number of phosphoric ester groups is 1. The summed E-state index contributed by atoms with van der Waals surface area (Å²) >= 11 is 0. The molecule has 43 nitrogen and oxygen atoms in total. The summed E-state index contributed by atoms with van der Waals surface area (Å²) in [6, 6.07) is 0. The molecule has 0 aromatic heterocycles. The van der Waals surface area contributed by atoms with E-state index in [1.165, 1.54) is 32.1 Å². The van der Waals surface area contributed by atoms with Gasteiger partial charge in [0.2, 0.25) is 0 Å². The molecule has 123 heavy (non-hydrogen) atoms. The van der Waals surface area contributed by atoms with Gasteiger partial charge in [0.05, 0.1) is 46.2 Å². The number of allylic oxidation sites excluding steroid dienone is 6. The number of carbonyl (C=O) groups is 2. The Morgan fingerprint density at radius 3 is 1.00 bits per heavy atom. The lowest BCUT2D eigenvalue weighted by atomic mass is 9.84. The Kier molecular flexibility index (Phi) is 47.5. The fraction of sp³-hybridized carbons (Fsp3) is 0.899. The number of hydrogen-bond acceptors (Lipinski definition) is 42. The van der Waals surface area contributed by atoms with Crippen LogP contribution in [0.4, 0.5) is 0 Å². The molecular weight excluding hydrogens is 1670 g/mol. The van der Waals surface area contributed by atoms with Crippen molar-refractivity contribution < 1.29 is 212 Å². The van der Waals surface area contributed by atoms with Crippen molar-refractivity contribution in [2.24, 2.45) is 0 Å². The van der Waals surface area contributed by atoms with Gasteiger partial charge in [0, 0.05) is 12.8 Å². The quantitative estimate of drug-likeness (QED) is 0.0117. The van der Waals surface area contributed by atoms with Crippen molar-refractivity contribution in [2.45, 2.75) is 395 Å². The molecule has 0 radical (unpaired) electrons. The number of rotatable bonds is 53. The Morgan fingerprint density at radius 2 is 0.626 bits per heavy atom. The van der Waals surface area contributed by atoms with Crippen molar-refractivity contribution in [3.05, 3.63) is 36.5 Å². The monoisotopic (exact) mass is 1800 g/mol. The van der Waals surface area contributed by atoms with Crippen LogP contribution in [0.3, 0.4) is 0 Å². The number of carbonyl (C=O) groups excluding carboxylic acids is 2. The van der Waals surface area contributed by atoms with Crippen molar-refractivity contribution in [3.63, 3.8) is 0 Å². The van der Waals surface area contributed by atoms with E-state index in [0.717, 1.165) is 83.5 Å². The van der Waals surface area contributed by atoms with E-state index in [1.54, 1.807) is 0 Å². The molecule has 0 spiro atoms. The summed E-state index contributed by atoms with van der Waals surface area (Å²) in [5.41, 5.74) is 0. The molecule has 6 saturated heterocycles. The summed E-state index contributed by atoms with van der Waals surface area (Å²) in [7, 11) is -5.89. The van der Waals surface area contributed by atoms with Gasteiger partial charge in [0.1, 0.15) is 190 Å². The van der Waals surface area contributed by atoms with Crippen LogP contribution in [0.5, 0.6) is 0 Å². The van der Waals surface area contributed by atoms with Crippen LogP contribution >= 0.6 is 7.82 Å². The molecule has 6 heterocycles. The molecule has 7 rings (SSSR count). The summed E-state index contributed by atoms with van der Waals surface area (Å²) < 4.78 is 104. The van der Waals surface area contributed by atoms with Crippen LogP contribution in [-0.4, -0.2) is 414 Å². The van der Waals surface area contributed by atoms with Crippen LogP contribution in [-0.2, 0) is 89.5 Å². The third-order valence-electron chi connectivity index (χ3n) is 22.5. The molecule has 7 aliphatic rings. The molecule has 1 saturated carbocycles. The zero-order chi connectivity index (χ0) is 90.2.